The second kappa shape index (κ2) is 6.58. The zero-order valence-electron chi connectivity index (χ0n) is 11.0. The standard InChI is InChI=1S/C12H20N2O4S/c1-13-10-6-18-5-9(10)12(17)14-2-3-19-7-8(14)4-11(15)16/h8-10,13H,2-7H2,1H3,(H,15,16). The fourth-order valence-corrected chi connectivity index (χ4v) is 3.67. The molecule has 0 aromatic rings. The van der Waals surface area contributed by atoms with Crippen LogP contribution in [0.3, 0.4) is 0 Å². The summed E-state index contributed by atoms with van der Waals surface area (Å²) in [6, 6.07) is -0.158. The molecular formula is C12H20N2O4S. The normalized spacial score (nSPS) is 31.4. The number of amides is 1. The summed E-state index contributed by atoms with van der Waals surface area (Å²) in [4.78, 5) is 25.2. The highest BCUT2D eigenvalue weighted by molar-refractivity contribution is 7.99. The lowest BCUT2D eigenvalue weighted by atomic mass is 10.0. The van der Waals surface area contributed by atoms with Crippen LogP contribution in [-0.4, -0.2) is 72.3 Å². The first kappa shape index (κ1) is 14.6. The van der Waals surface area contributed by atoms with Crippen molar-refractivity contribution in [1.29, 1.82) is 0 Å². The Morgan fingerprint density at radius 3 is 2.95 bits per heavy atom. The predicted molar refractivity (Wildman–Crippen MR) is 72.2 cm³/mol. The van der Waals surface area contributed by atoms with Crippen molar-refractivity contribution < 1.29 is 19.4 Å². The molecule has 0 aliphatic carbocycles. The van der Waals surface area contributed by atoms with Gasteiger partial charge < -0.3 is 20.1 Å². The molecule has 2 aliphatic rings. The third-order valence-corrected chi connectivity index (χ3v) is 4.78. The number of carbonyl (C=O) groups is 2. The number of hydrogen-bond acceptors (Lipinski definition) is 5. The second-order valence-corrected chi connectivity index (χ2v) is 6.05. The number of hydrogen-bond donors (Lipinski definition) is 2. The van der Waals surface area contributed by atoms with E-state index in [0.717, 1.165) is 5.75 Å². The molecule has 6 nitrogen and oxygen atoms in total. The van der Waals surface area contributed by atoms with E-state index >= 15 is 0 Å². The molecule has 2 N–H and O–H groups in total. The van der Waals surface area contributed by atoms with Gasteiger partial charge in [0.15, 0.2) is 0 Å². The minimum atomic E-state index is -0.849. The molecule has 0 radical (unpaired) electrons. The minimum absolute atomic E-state index is 0.0243. The third kappa shape index (κ3) is 3.40. The first-order valence-corrected chi connectivity index (χ1v) is 7.64. The van der Waals surface area contributed by atoms with Crippen LogP contribution >= 0.6 is 11.8 Å². The lowest BCUT2D eigenvalue weighted by Gasteiger charge is -2.36. The predicted octanol–water partition coefficient (Wildman–Crippen LogP) is -0.360. The molecule has 7 heteroatoms. The minimum Gasteiger partial charge on any atom is -0.481 e. The molecule has 0 saturated carbocycles. The first-order chi connectivity index (χ1) is 9.13. The van der Waals surface area contributed by atoms with E-state index in [1.54, 1.807) is 16.7 Å². The van der Waals surface area contributed by atoms with Crippen molar-refractivity contribution in [2.24, 2.45) is 5.92 Å². The Balaban J connectivity index is 2.04. The summed E-state index contributed by atoms with van der Waals surface area (Å²) in [5.74, 6) is 0.570. The van der Waals surface area contributed by atoms with Crippen molar-refractivity contribution in [2.45, 2.75) is 18.5 Å². The Kier molecular flexibility index (Phi) is 5.06. The number of carbonyl (C=O) groups excluding carboxylic acids is 1. The van der Waals surface area contributed by atoms with Crippen molar-refractivity contribution >= 4 is 23.6 Å². The molecule has 1 amide bonds. The van der Waals surface area contributed by atoms with Crippen LogP contribution in [0.2, 0.25) is 0 Å². The quantitative estimate of drug-likeness (QED) is 0.735. The van der Waals surface area contributed by atoms with Gasteiger partial charge in [0.05, 0.1) is 31.6 Å². The van der Waals surface area contributed by atoms with Crippen molar-refractivity contribution in [2.75, 3.05) is 38.3 Å². The Bertz CT molecular complexity index is 353. The van der Waals surface area contributed by atoms with Crippen LogP contribution in [0.4, 0.5) is 0 Å². The second-order valence-electron chi connectivity index (χ2n) is 4.90. The van der Waals surface area contributed by atoms with Crippen molar-refractivity contribution in [3.8, 4) is 0 Å². The van der Waals surface area contributed by atoms with Crippen LogP contribution in [-0.2, 0) is 14.3 Å². The fourth-order valence-electron chi connectivity index (χ4n) is 2.61. The molecule has 108 valence electrons. The molecule has 19 heavy (non-hydrogen) atoms. The van der Waals surface area contributed by atoms with Gasteiger partial charge in [0, 0.05) is 24.1 Å². The van der Waals surface area contributed by atoms with Crippen LogP contribution in [0, 0.1) is 5.92 Å². The maximum atomic E-state index is 12.6. The average Bonchev–Trinajstić information content (AvgIpc) is 2.86. The topological polar surface area (TPSA) is 78.9 Å². The van der Waals surface area contributed by atoms with E-state index in [9.17, 15) is 9.59 Å². The van der Waals surface area contributed by atoms with E-state index in [2.05, 4.69) is 5.32 Å². The molecule has 3 atom stereocenters. The van der Waals surface area contributed by atoms with Gasteiger partial charge in [0.2, 0.25) is 5.91 Å². The Hall–Kier alpha value is -0.790. The number of nitrogens with zero attached hydrogens (tertiary/aromatic N) is 1. The number of rotatable bonds is 4. The Morgan fingerprint density at radius 2 is 2.26 bits per heavy atom. The van der Waals surface area contributed by atoms with Gasteiger partial charge >= 0.3 is 5.97 Å². The molecule has 2 saturated heterocycles. The molecular weight excluding hydrogens is 268 g/mol. The molecule has 0 spiro atoms. The summed E-state index contributed by atoms with van der Waals surface area (Å²) in [5, 5.41) is 12.0. The van der Waals surface area contributed by atoms with Crippen LogP contribution in [0.25, 0.3) is 0 Å². The van der Waals surface area contributed by atoms with Gasteiger partial charge in [-0.3, -0.25) is 9.59 Å². The zero-order chi connectivity index (χ0) is 13.8. The third-order valence-electron chi connectivity index (χ3n) is 3.69. The van der Waals surface area contributed by atoms with E-state index < -0.39 is 5.97 Å². The maximum absolute atomic E-state index is 12.6. The number of likely N-dealkylation sites (N-methyl/N-ethyl adjacent to an activating group) is 1. The molecule has 3 unspecified atom stereocenters. The van der Waals surface area contributed by atoms with Crippen molar-refractivity contribution in [1.82, 2.24) is 10.2 Å². The van der Waals surface area contributed by atoms with Gasteiger partial charge in [-0.1, -0.05) is 0 Å². The number of carboxylic acids is 1. The van der Waals surface area contributed by atoms with Gasteiger partial charge in [0.1, 0.15) is 0 Å². The first-order valence-electron chi connectivity index (χ1n) is 6.48. The van der Waals surface area contributed by atoms with E-state index in [-0.39, 0.29) is 30.3 Å². The summed E-state index contributed by atoms with van der Waals surface area (Å²) >= 11 is 1.71. The van der Waals surface area contributed by atoms with Crippen molar-refractivity contribution in [3.63, 3.8) is 0 Å². The average molecular weight is 288 g/mol. The van der Waals surface area contributed by atoms with Gasteiger partial charge in [-0.2, -0.15) is 11.8 Å². The summed E-state index contributed by atoms with van der Waals surface area (Å²) in [7, 11) is 1.82. The SMILES string of the molecule is CNC1COCC1C(=O)N1CCSCC1CC(=O)O. The van der Waals surface area contributed by atoms with E-state index in [1.165, 1.54) is 0 Å². The van der Waals surface area contributed by atoms with Crippen molar-refractivity contribution in [3.05, 3.63) is 0 Å². The lowest BCUT2D eigenvalue weighted by Crippen LogP contribution is -2.52. The van der Waals surface area contributed by atoms with Crippen LogP contribution in [0.5, 0.6) is 0 Å². The lowest BCUT2D eigenvalue weighted by molar-refractivity contribution is -0.142. The summed E-state index contributed by atoms with van der Waals surface area (Å²) in [6.45, 7) is 1.60. The largest absolute Gasteiger partial charge is 0.481 e. The zero-order valence-corrected chi connectivity index (χ0v) is 11.8. The number of nitrogens with one attached hydrogen (secondary N) is 1. The van der Waals surface area contributed by atoms with Gasteiger partial charge in [-0.25, -0.2) is 0 Å². The monoisotopic (exact) mass is 288 g/mol. The molecule has 2 heterocycles. The smallest absolute Gasteiger partial charge is 0.305 e. The van der Waals surface area contributed by atoms with Crippen LogP contribution in [0.1, 0.15) is 6.42 Å². The molecule has 2 fully saturated rings. The molecule has 0 bridgehead atoms. The number of ether oxygens (including phenoxy) is 1. The maximum Gasteiger partial charge on any atom is 0.305 e. The molecule has 2 aliphatic heterocycles. The summed E-state index contributed by atoms with van der Waals surface area (Å²) in [5.41, 5.74) is 0. The number of carboxylic acid groups (broad SMARTS) is 1. The molecule has 2 rings (SSSR count). The van der Waals surface area contributed by atoms with E-state index in [1.807, 2.05) is 7.05 Å². The number of aliphatic carboxylic acids is 1. The fraction of sp³-hybridized carbons (Fsp3) is 0.833. The van der Waals surface area contributed by atoms with Gasteiger partial charge in [-0.15, -0.1) is 0 Å². The highest BCUT2D eigenvalue weighted by Crippen LogP contribution is 2.24. The van der Waals surface area contributed by atoms with E-state index in [0.29, 0.717) is 25.5 Å². The molecule has 0 aromatic carbocycles. The van der Waals surface area contributed by atoms with Crippen LogP contribution < -0.4 is 5.32 Å². The Morgan fingerprint density at radius 1 is 1.47 bits per heavy atom. The van der Waals surface area contributed by atoms with E-state index in [4.69, 9.17) is 9.84 Å². The summed E-state index contributed by atoms with van der Waals surface area (Å²) < 4.78 is 5.36. The van der Waals surface area contributed by atoms with Gasteiger partial charge in [0.25, 0.3) is 0 Å². The highest BCUT2D eigenvalue weighted by Gasteiger charge is 2.39. The highest BCUT2D eigenvalue weighted by atomic mass is 32.2. The van der Waals surface area contributed by atoms with Gasteiger partial charge in [-0.05, 0) is 7.05 Å². The molecule has 0 aromatic heterocycles. The van der Waals surface area contributed by atoms with Crippen LogP contribution in [0.15, 0.2) is 0 Å². The number of thioether (sulfide) groups is 1. The summed E-state index contributed by atoms with van der Waals surface area (Å²) in [6.07, 6.45) is 0.0243. The Labute approximate surface area is 116 Å².